The molecule has 4 nitrogen and oxygen atoms in total. The first-order valence-electron chi connectivity index (χ1n) is 9.17. The first kappa shape index (κ1) is 16.2. The molecule has 0 N–H and O–H groups in total. The van der Waals surface area contributed by atoms with Gasteiger partial charge in [0.05, 0.1) is 18.7 Å². The molecule has 0 bridgehead atoms. The third kappa shape index (κ3) is 1.90. The molecule has 0 fully saturated rings. The normalized spacial score (nSPS) is 21.9. The predicted molar refractivity (Wildman–Crippen MR) is 110 cm³/mol. The van der Waals surface area contributed by atoms with Gasteiger partial charge in [-0.1, -0.05) is 42.5 Å². The Labute approximate surface area is 159 Å². The van der Waals surface area contributed by atoms with Gasteiger partial charge in [-0.3, -0.25) is 4.99 Å². The van der Waals surface area contributed by atoms with E-state index in [0.717, 1.165) is 22.1 Å². The first-order valence-corrected chi connectivity index (χ1v) is 9.17. The van der Waals surface area contributed by atoms with Crippen LogP contribution in [-0.4, -0.2) is 26.1 Å². The van der Waals surface area contributed by atoms with Gasteiger partial charge in [-0.05, 0) is 36.9 Å². The Balaban J connectivity index is 1.76. The fraction of sp³-hybridized carbons (Fsp3) is 0.261. The van der Waals surface area contributed by atoms with E-state index in [0.29, 0.717) is 11.5 Å². The number of fused-ring (bicyclic) bond motifs is 4. The number of benzene rings is 3. The number of hydrogen-bond acceptors (Lipinski definition) is 4. The molecular weight excluding hydrogens is 336 g/mol. The zero-order chi connectivity index (χ0) is 18.8. The highest BCUT2D eigenvalue weighted by Gasteiger charge is 2.58. The van der Waals surface area contributed by atoms with Crippen molar-refractivity contribution in [3.05, 3.63) is 60.2 Å². The number of para-hydroxylation sites is 1. The second-order valence-corrected chi connectivity index (χ2v) is 7.74. The van der Waals surface area contributed by atoms with Crippen LogP contribution in [0.5, 0.6) is 11.5 Å². The van der Waals surface area contributed by atoms with Crippen LogP contribution in [0, 0.1) is 0 Å². The topological polar surface area (TPSA) is 34.1 Å². The molecule has 136 valence electrons. The number of methoxy groups -OCH3 is 1. The molecule has 0 saturated carbocycles. The summed E-state index contributed by atoms with van der Waals surface area (Å²) in [6, 6.07) is 18.7. The molecule has 0 amide bonds. The summed E-state index contributed by atoms with van der Waals surface area (Å²) >= 11 is 0. The van der Waals surface area contributed by atoms with Crippen molar-refractivity contribution in [3.8, 4) is 11.5 Å². The van der Waals surface area contributed by atoms with Crippen LogP contribution < -0.4 is 14.4 Å². The van der Waals surface area contributed by atoms with Crippen LogP contribution in [0.4, 0.5) is 11.4 Å². The van der Waals surface area contributed by atoms with Crippen LogP contribution in [0.25, 0.3) is 10.8 Å². The molecule has 3 aromatic rings. The lowest BCUT2D eigenvalue weighted by Gasteiger charge is -2.45. The summed E-state index contributed by atoms with van der Waals surface area (Å²) in [5, 5.41) is 2.16. The number of ether oxygens (including phenoxy) is 2. The van der Waals surface area contributed by atoms with Crippen molar-refractivity contribution >= 4 is 28.4 Å². The van der Waals surface area contributed by atoms with Crippen molar-refractivity contribution in [2.45, 2.75) is 25.0 Å². The van der Waals surface area contributed by atoms with Crippen LogP contribution in [0.1, 0.15) is 19.4 Å². The van der Waals surface area contributed by atoms with E-state index < -0.39 is 5.72 Å². The van der Waals surface area contributed by atoms with E-state index in [1.54, 1.807) is 7.11 Å². The first-order chi connectivity index (χ1) is 13.0. The maximum Gasteiger partial charge on any atom is 0.228 e. The number of hydrogen-bond donors (Lipinski definition) is 0. The van der Waals surface area contributed by atoms with Crippen molar-refractivity contribution in [1.82, 2.24) is 0 Å². The van der Waals surface area contributed by atoms with Gasteiger partial charge in [-0.25, -0.2) is 0 Å². The molecule has 0 saturated heterocycles. The second kappa shape index (κ2) is 5.26. The monoisotopic (exact) mass is 358 g/mol. The van der Waals surface area contributed by atoms with Crippen molar-refractivity contribution in [2.75, 3.05) is 19.1 Å². The zero-order valence-corrected chi connectivity index (χ0v) is 16.0. The minimum absolute atomic E-state index is 0.282. The fourth-order valence-corrected chi connectivity index (χ4v) is 4.53. The molecule has 1 atom stereocenters. The maximum absolute atomic E-state index is 6.77. The Morgan fingerprint density at radius 3 is 2.56 bits per heavy atom. The lowest BCUT2D eigenvalue weighted by molar-refractivity contribution is 0.0793. The molecule has 27 heavy (non-hydrogen) atoms. The molecule has 5 rings (SSSR count). The Morgan fingerprint density at radius 2 is 1.78 bits per heavy atom. The highest BCUT2D eigenvalue weighted by molar-refractivity contribution is 6.01. The number of anilines is 1. The summed E-state index contributed by atoms with van der Waals surface area (Å²) in [6.07, 6.45) is 1.96. The Bertz CT molecular complexity index is 1100. The number of likely N-dealkylation sites (N-methyl/N-ethyl adjacent to an activating group) is 1. The van der Waals surface area contributed by atoms with Gasteiger partial charge in [0.25, 0.3) is 0 Å². The van der Waals surface area contributed by atoms with Gasteiger partial charge in [0.15, 0.2) is 11.5 Å². The molecule has 3 aromatic carbocycles. The third-order valence-electron chi connectivity index (χ3n) is 6.12. The SMILES string of the molecule is COc1cc2ccccc2c2c1OC1(C=N2)N(C)c2ccccc2C1(C)C. The van der Waals surface area contributed by atoms with Gasteiger partial charge in [-0.2, -0.15) is 0 Å². The smallest absolute Gasteiger partial charge is 0.228 e. The van der Waals surface area contributed by atoms with Crippen molar-refractivity contribution in [1.29, 1.82) is 0 Å². The average molecular weight is 358 g/mol. The molecular formula is C23H22N2O2. The molecule has 4 heteroatoms. The highest BCUT2D eigenvalue weighted by atomic mass is 16.5. The summed E-state index contributed by atoms with van der Waals surface area (Å²) in [4.78, 5) is 7.11. The molecule has 1 spiro atoms. The van der Waals surface area contributed by atoms with Crippen LogP contribution in [0.2, 0.25) is 0 Å². The molecule has 2 aliphatic heterocycles. The number of nitrogens with zero attached hydrogens (tertiary/aromatic N) is 2. The van der Waals surface area contributed by atoms with Gasteiger partial charge < -0.3 is 14.4 Å². The zero-order valence-electron chi connectivity index (χ0n) is 16.0. The van der Waals surface area contributed by atoms with Crippen molar-refractivity contribution in [2.24, 2.45) is 4.99 Å². The minimum atomic E-state index is -0.709. The molecule has 2 aliphatic rings. The summed E-state index contributed by atoms with van der Waals surface area (Å²) < 4.78 is 12.5. The van der Waals surface area contributed by atoms with Gasteiger partial charge in [0.2, 0.25) is 5.72 Å². The van der Waals surface area contributed by atoms with Crippen molar-refractivity contribution in [3.63, 3.8) is 0 Å². The third-order valence-corrected chi connectivity index (χ3v) is 6.12. The predicted octanol–water partition coefficient (Wildman–Crippen LogP) is 5.07. The van der Waals surface area contributed by atoms with Gasteiger partial charge in [-0.15, -0.1) is 0 Å². The standard InChI is InChI=1S/C23H22N2O2/c1-22(2)17-11-7-8-12-18(17)25(3)23(22)14-24-20-16-10-6-5-9-15(16)13-19(26-4)21(20)27-23/h5-14H,1-4H3. The van der Waals surface area contributed by atoms with Crippen LogP contribution in [0.3, 0.4) is 0 Å². The Kier molecular flexibility index (Phi) is 3.15. The fourth-order valence-electron chi connectivity index (χ4n) is 4.53. The number of rotatable bonds is 1. The lowest BCUT2D eigenvalue weighted by atomic mass is 9.77. The Hall–Kier alpha value is -3.01. The van der Waals surface area contributed by atoms with E-state index in [-0.39, 0.29) is 5.41 Å². The Morgan fingerprint density at radius 1 is 1.04 bits per heavy atom. The van der Waals surface area contributed by atoms with E-state index >= 15 is 0 Å². The lowest BCUT2D eigenvalue weighted by Crippen LogP contribution is -2.61. The van der Waals surface area contributed by atoms with E-state index in [1.807, 2.05) is 24.4 Å². The van der Waals surface area contributed by atoms with E-state index in [4.69, 9.17) is 14.5 Å². The summed E-state index contributed by atoms with van der Waals surface area (Å²) in [5.41, 5.74) is 2.25. The summed E-state index contributed by atoms with van der Waals surface area (Å²) in [6.45, 7) is 4.42. The molecule has 0 aliphatic carbocycles. The average Bonchev–Trinajstić information content (AvgIpc) is 2.86. The van der Waals surface area contributed by atoms with E-state index in [9.17, 15) is 0 Å². The summed E-state index contributed by atoms with van der Waals surface area (Å²) in [7, 11) is 3.75. The quantitative estimate of drug-likeness (QED) is 0.609. The van der Waals surface area contributed by atoms with E-state index in [1.165, 1.54) is 5.56 Å². The molecule has 0 radical (unpaired) electrons. The van der Waals surface area contributed by atoms with Crippen LogP contribution >= 0.6 is 0 Å². The summed E-state index contributed by atoms with van der Waals surface area (Å²) in [5.74, 6) is 1.41. The van der Waals surface area contributed by atoms with E-state index in [2.05, 4.69) is 62.2 Å². The molecule has 2 heterocycles. The molecule has 1 unspecified atom stereocenters. The van der Waals surface area contributed by atoms with Crippen molar-refractivity contribution < 1.29 is 9.47 Å². The largest absolute Gasteiger partial charge is 0.493 e. The molecule has 0 aromatic heterocycles. The maximum atomic E-state index is 6.77. The number of aliphatic imine (C=N–C) groups is 1. The highest BCUT2D eigenvalue weighted by Crippen LogP contribution is 2.56. The minimum Gasteiger partial charge on any atom is -0.493 e. The van der Waals surface area contributed by atoms with Gasteiger partial charge >= 0.3 is 0 Å². The van der Waals surface area contributed by atoms with Gasteiger partial charge in [0, 0.05) is 18.1 Å². The van der Waals surface area contributed by atoms with Crippen LogP contribution in [0.15, 0.2) is 59.6 Å². The second-order valence-electron chi connectivity index (χ2n) is 7.74. The van der Waals surface area contributed by atoms with Gasteiger partial charge in [0.1, 0.15) is 5.69 Å². The van der Waals surface area contributed by atoms with Crippen LogP contribution in [-0.2, 0) is 5.41 Å².